The number of esters is 1. The first-order valence-electron chi connectivity index (χ1n) is 8.29. The normalized spacial score (nSPS) is 16.9. The Balaban J connectivity index is 2.04. The number of halogens is 2. The molecule has 1 fully saturated rings. The Bertz CT molecular complexity index is 716. The van der Waals surface area contributed by atoms with E-state index in [1.54, 1.807) is 0 Å². The Kier molecular flexibility index (Phi) is 6.74. The van der Waals surface area contributed by atoms with Crippen LogP contribution in [0.1, 0.15) is 49.4 Å². The van der Waals surface area contributed by atoms with Crippen LogP contribution < -0.4 is 10.1 Å². The number of carbonyl (C=O) groups is 2. The minimum atomic E-state index is -1.06. The molecule has 0 spiro atoms. The molecule has 0 bridgehead atoms. The number of nitriles is 1. The van der Waals surface area contributed by atoms with Gasteiger partial charge in [-0.15, -0.1) is 0 Å². The molecule has 1 N–H and O–H groups in total. The maximum Gasteiger partial charge on any atom is 0.339 e. The molecule has 6 nitrogen and oxygen atoms in total. The molecule has 1 aliphatic rings. The first-order chi connectivity index (χ1) is 12.3. The van der Waals surface area contributed by atoms with Gasteiger partial charge in [0.25, 0.3) is 5.91 Å². The zero-order valence-corrected chi connectivity index (χ0v) is 16.1. The summed E-state index contributed by atoms with van der Waals surface area (Å²) in [5.74, 6) is -0.995. The molecule has 140 valence electrons. The smallest absolute Gasteiger partial charge is 0.339 e. The standard InChI is InChI=1S/C18H20Cl2N2O4/c1-11(16(23)22-18(10-21)6-4-3-5-7-18)26-17(24)12-8-13(19)15(25-2)14(20)9-12/h8-9,11H,3-7H2,1-2H3,(H,22,23)/t11-/m1/s1. The van der Waals surface area contributed by atoms with E-state index >= 15 is 0 Å². The Morgan fingerprint density at radius 1 is 1.23 bits per heavy atom. The van der Waals surface area contributed by atoms with Crippen molar-refractivity contribution in [1.29, 1.82) is 5.26 Å². The average Bonchev–Trinajstić information content (AvgIpc) is 2.62. The highest BCUT2D eigenvalue weighted by atomic mass is 35.5. The van der Waals surface area contributed by atoms with Crippen LogP contribution in [0.15, 0.2) is 12.1 Å². The summed E-state index contributed by atoms with van der Waals surface area (Å²) in [6.45, 7) is 1.45. The highest BCUT2D eigenvalue weighted by Crippen LogP contribution is 2.34. The van der Waals surface area contributed by atoms with E-state index in [2.05, 4.69) is 11.4 Å². The van der Waals surface area contributed by atoms with Crippen LogP contribution in [0.5, 0.6) is 5.75 Å². The van der Waals surface area contributed by atoms with Gasteiger partial charge in [-0.05, 0) is 31.9 Å². The molecule has 1 aliphatic carbocycles. The summed E-state index contributed by atoms with van der Waals surface area (Å²) in [5.41, 5.74) is -0.781. The van der Waals surface area contributed by atoms with Crippen molar-refractivity contribution in [2.45, 2.75) is 50.7 Å². The maximum atomic E-state index is 12.4. The molecule has 1 aromatic carbocycles. The number of hydrogen-bond acceptors (Lipinski definition) is 5. The predicted octanol–water partition coefficient (Wildman–Crippen LogP) is 3.89. The predicted molar refractivity (Wildman–Crippen MR) is 97.5 cm³/mol. The van der Waals surface area contributed by atoms with Crippen LogP contribution >= 0.6 is 23.2 Å². The largest absolute Gasteiger partial charge is 0.494 e. The summed E-state index contributed by atoms with van der Waals surface area (Å²) >= 11 is 12.0. The lowest BCUT2D eigenvalue weighted by molar-refractivity contribution is -0.130. The summed E-state index contributed by atoms with van der Waals surface area (Å²) in [4.78, 5) is 24.6. The highest BCUT2D eigenvalue weighted by molar-refractivity contribution is 6.37. The molecule has 0 aromatic heterocycles. The number of nitrogens with zero attached hydrogens (tertiary/aromatic N) is 1. The second kappa shape index (κ2) is 8.61. The van der Waals surface area contributed by atoms with Crippen molar-refractivity contribution in [3.05, 3.63) is 27.7 Å². The number of carbonyl (C=O) groups excluding carboxylic acids is 2. The molecule has 0 unspecified atom stereocenters. The van der Waals surface area contributed by atoms with Crippen LogP contribution in [0.4, 0.5) is 0 Å². The van der Waals surface area contributed by atoms with E-state index < -0.39 is 23.5 Å². The third-order valence-corrected chi connectivity index (χ3v) is 4.94. The summed E-state index contributed by atoms with van der Waals surface area (Å²) in [5, 5.41) is 12.5. The van der Waals surface area contributed by atoms with E-state index in [-0.39, 0.29) is 21.4 Å². The van der Waals surface area contributed by atoms with Crippen molar-refractivity contribution < 1.29 is 19.1 Å². The third-order valence-electron chi connectivity index (χ3n) is 4.37. The second-order valence-corrected chi connectivity index (χ2v) is 7.08. The van der Waals surface area contributed by atoms with Crippen molar-refractivity contribution in [2.75, 3.05) is 7.11 Å². The van der Waals surface area contributed by atoms with Gasteiger partial charge in [-0.3, -0.25) is 4.79 Å². The van der Waals surface area contributed by atoms with Gasteiger partial charge in [0.05, 0.1) is 28.8 Å². The minimum Gasteiger partial charge on any atom is -0.494 e. The number of ether oxygens (including phenoxy) is 2. The fraction of sp³-hybridized carbons (Fsp3) is 0.500. The molecule has 0 aliphatic heterocycles. The van der Waals surface area contributed by atoms with Gasteiger partial charge in [-0.1, -0.05) is 42.5 Å². The zero-order chi connectivity index (χ0) is 19.3. The molecule has 0 heterocycles. The molecule has 26 heavy (non-hydrogen) atoms. The van der Waals surface area contributed by atoms with E-state index in [1.165, 1.54) is 26.2 Å². The fourth-order valence-corrected chi connectivity index (χ4v) is 3.55. The van der Waals surface area contributed by atoms with E-state index in [0.717, 1.165) is 19.3 Å². The first kappa shape index (κ1) is 20.3. The molecule has 0 radical (unpaired) electrons. The monoisotopic (exact) mass is 398 g/mol. The number of nitrogens with one attached hydrogen (secondary N) is 1. The Hall–Kier alpha value is -1.97. The number of benzene rings is 1. The molecule has 1 amide bonds. The quantitative estimate of drug-likeness (QED) is 0.759. The topological polar surface area (TPSA) is 88.4 Å². The molecule has 2 rings (SSSR count). The minimum absolute atomic E-state index is 0.105. The first-order valence-corrected chi connectivity index (χ1v) is 9.05. The molecular weight excluding hydrogens is 379 g/mol. The lowest BCUT2D eigenvalue weighted by Crippen LogP contribution is -2.52. The van der Waals surface area contributed by atoms with Gasteiger partial charge in [-0.2, -0.15) is 5.26 Å². The van der Waals surface area contributed by atoms with Crippen LogP contribution in [0.3, 0.4) is 0 Å². The third kappa shape index (κ3) is 4.60. The second-order valence-electron chi connectivity index (χ2n) is 6.26. The van der Waals surface area contributed by atoms with E-state index in [9.17, 15) is 14.9 Å². The van der Waals surface area contributed by atoms with Gasteiger partial charge in [0.15, 0.2) is 11.9 Å². The summed E-state index contributed by atoms with van der Waals surface area (Å²) in [6, 6.07) is 4.91. The summed E-state index contributed by atoms with van der Waals surface area (Å²) in [6.07, 6.45) is 2.94. The summed E-state index contributed by atoms with van der Waals surface area (Å²) < 4.78 is 10.2. The van der Waals surface area contributed by atoms with Crippen LogP contribution in [-0.2, 0) is 9.53 Å². The molecular formula is C18H20Cl2N2O4. The van der Waals surface area contributed by atoms with Crippen molar-refractivity contribution in [1.82, 2.24) is 5.32 Å². The van der Waals surface area contributed by atoms with Crippen molar-refractivity contribution in [2.24, 2.45) is 0 Å². The molecule has 1 saturated carbocycles. The van der Waals surface area contributed by atoms with Gasteiger partial charge in [0.1, 0.15) is 5.54 Å². The molecule has 0 saturated heterocycles. The van der Waals surface area contributed by atoms with Crippen molar-refractivity contribution >= 4 is 35.1 Å². The molecule has 1 atom stereocenters. The molecule has 1 aromatic rings. The Labute approximate surface area is 162 Å². The lowest BCUT2D eigenvalue weighted by Gasteiger charge is -2.32. The SMILES string of the molecule is COc1c(Cl)cc(C(=O)O[C@H](C)C(=O)NC2(C#N)CCCCC2)cc1Cl. The van der Waals surface area contributed by atoms with Gasteiger partial charge < -0.3 is 14.8 Å². The maximum absolute atomic E-state index is 12.4. The summed E-state index contributed by atoms with van der Waals surface area (Å²) in [7, 11) is 1.41. The van der Waals surface area contributed by atoms with Crippen molar-refractivity contribution in [3.63, 3.8) is 0 Å². The van der Waals surface area contributed by atoms with Gasteiger partial charge in [0.2, 0.25) is 0 Å². The Morgan fingerprint density at radius 3 is 2.31 bits per heavy atom. The van der Waals surface area contributed by atoms with Crippen LogP contribution in [-0.4, -0.2) is 30.6 Å². The zero-order valence-electron chi connectivity index (χ0n) is 14.6. The number of amides is 1. The number of methoxy groups -OCH3 is 1. The van der Waals surface area contributed by atoms with E-state index in [1.807, 2.05) is 0 Å². The van der Waals surface area contributed by atoms with Gasteiger partial charge in [-0.25, -0.2) is 4.79 Å². The van der Waals surface area contributed by atoms with Crippen molar-refractivity contribution in [3.8, 4) is 11.8 Å². The fourth-order valence-electron chi connectivity index (χ4n) is 2.91. The Morgan fingerprint density at radius 2 is 1.81 bits per heavy atom. The van der Waals surface area contributed by atoms with Crippen LogP contribution in [0.2, 0.25) is 10.0 Å². The van der Waals surface area contributed by atoms with Gasteiger partial charge in [0, 0.05) is 0 Å². The average molecular weight is 399 g/mol. The highest BCUT2D eigenvalue weighted by Gasteiger charge is 2.35. The molecule has 8 heteroatoms. The number of rotatable bonds is 5. The van der Waals surface area contributed by atoms with Crippen LogP contribution in [0.25, 0.3) is 0 Å². The van der Waals surface area contributed by atoms with Gasteiger partial charge >= 0.3 is 5.97 Å². The lowest BCUT2D eigenvalue weighted by atomic mass is 9.83. The van der Waals surface area contributed by atoms with E-state index in [4.69, 9.17) is 32.7 Å². The van der Waals surface area contributed by atoms with E-state index in [0.29, 0.717) is 12.8 Å². The van der Waals surface area contributed by atoms with Crippen LogP contribution in [0, 0.1) is 11.3 Å². The number of hydrogen-bond donors (Lipinski definition) is 1.